The second-order valence-corrected chi connectivity index (χ2v) is 1.81. The predicted molar refractivity (Wildman–Crippen MR) is 25.9 cm³/mol. The smallest absolute Gasteiger partial charge is 0.262 e. The van der Waals surface area contributed by atoms with E-state index in [4.69, 9.17) is 5.21 Å². The SMILES string of the molecule is CN1CCC(=O)N1O. The molecule has 1 rings (SSSR count). The van der Waals surface area contributed by atoms with Gasteiger partial charge >= 0.3 is 0 Å². The van der Waals surface area contributed by atoms with Crippen molar-refractivity contribution >= 4 is 5.91 Å². The highest BCUT2D eigenvalue weighted by molar-refractivity contribution is 5.76. The maximum atomic E-state index is 10.4. The Kier molecular flexibility index (Phi) is 1.19. The molecule has 0 aromatic rings. The van der Waals surface area contributed by atoms with Gasteiger partial charge in [0.25, 0.3) is 5.91 Å². The molecule has 0 aromatic carbocycles. The van der Waals surface area contributed by atoms with Gasteiger partial charge in [-0.05, 0) is 0 Å². The van der Waals surface area contributed by atoms with Crippen molar-refractivity contribution < 1.29 is 10.0 Å². The van der Waals surface area contributed by atoms with Crippen LogP contribution in [0.25, 0.3) is 0 Å². The third-order valence-electron chi connectivity index (χ3n) is 1.20. The second-order valence-electron chi connectivity index (χ2n) is 1.81. The fraction of sp³-hybridized carbons (Fsp3) is 0.750. The van der Waals surface area contributed by atoms with E-state index in [1.54, 1.807) is 7.05 Å². The summed E-state index contributed by atoms with van der Waals surface area (Å²) in [6.45, 7) is 0.620. The van der Waals surface area contributed by atoms with Crippen LogP contribution in [0.3, 0.4) is 0 Å². The fourth-order valence-corrected chi connectivity index (χ4v) is 0.643. The largest absolute Gasteiger partial charge is 0.271 e. The molecule has 1 saturated heterocycles. The van der Waals surface area contributed by atoms with Gasteiger partial charge in [0.15, 0.2) is 0 Å². The highest BCUT2D eigenvalue weighted by atomic mass is 16.6. The van der Waals surface area contributed by atoms with Crippen LogP contribution in [0.15, 0.2) is 0 Å². The first-order valence-electron chi connectivity index (χ1n) is 2.44. The summed E-state index contributed by atoms with van der Waals surface area (Å²) in [4.78, 5) is 10.4. The van der Waals surface area contributed by atoms with E-state index in [1.165, 1.54) is 5.01 Å². The minimum absolute atomic E-state index is 0.229. The number of carbonyl (C=O) groups is 1. The summed E-state index contributed by atoms with van der Waals surface area (Å²) >= 11 is 0. The maximum Gasteiger partial charge on any atom is 0.262 e. The molecule has 8 heavy (non-hydrogen) atoms. The van der Waals surface area contributed by atoms with Crippen molar-refractivity contribution in [1.82, 2.24) is 10.2 Å². The zero-order chi connectivity index (χ0) is 6.15. The lowest BCUT2D eigenvalue weighted by Crippen LogP contribution is -2.32. The molecule has 0 radical (unpaired) electrons. The second kappa shape index (κ2) is 1.72. The Hall–Kier alpha value is -0.610. The summed E-state index contributed by atoms with van der Waals surface area (Å²) in [5.41, 5.74) is 0. The van der Waals surface area contributed by atoms with E-state index in [9.17, 15) is 4.79 Å². The average Bonchev–Trinajstić information content (AvgIpc) is 1.98. The third-order valence-corrected chi connectivity index (χ3v) is 1.20. The first kappa shape index (κ1) is 5.53. The summed E-state index contributed by atoms with van der Waals surface area (Å²) < 4.78 is 0. The van der Waals surface area contributed by atoms with Crippen molar-refractivity contribution in [2.45, 2.75) is 6.42 Å². The molecule has 46 valence electrons. The number of carbonyl (C=O) groups excluding carboxylic acids is 1. The lowest BCUT2D eigenvalue weighted by atomic mass is 10.4. The molecule has 1 aliphatic heterocycles. The maximum absolute atomic E-state index is 10.4. The van der Waals surface area contributed by atoms with Crippen molar-refractivity contribution in [1.29, 1.82) is 0 Å². The number of hydroxylamine groups is 1. The quantitative estimate of drug-likeness (QED) is 0.432. The zero-order valence-electron chi connectivity index (χ0n) is 4.66. The van der Waals surface area contributed by atoms with E-state index in [0.29, 0.717) is 18.1 Å². The van der Waals surface area contributed by atoms with Crippen LogP contribution < -0.4 is 0 Å². The molecule has 1 heterocycles. The molecule has 0 bridgehead atoms. The Labute approximate surface area is 47.2 Å². The van der Waals surface area contributed by atoms with Gasteiger partial charge in [-0.3, -0.25) is 10.0 Å². The van der Waals surface area contributed by atoms with Crippen LogP contribution in [-0.4, -0.2) is 34.9 Å². The first-order chi connectivity index (χ1) is 3.72. The van der Waals surface area contributed by atoms with Crippen molar-refractivity contribution in [2.75, 3.05) is 13.6 Å². The van der Waals surface area contributed by atoms with Gasteiger partial charge in [-0.2, -0.15) is 5.01 Å². The minimum Gasteiger partial charge on any atom is -0.271 e. The van der Waals surface area contributed by atoms with Crippen LogP contribution in [0.1, 0.15) is 6.42 Å². The molecule has 4 heteroatoms. The Morgan fingerprint density at radius 3 is 2.50 bits per heavy atom. The lowest BCUT2D eigenvalue weighted by molar-refractivity contribution is -0.211. The summed E-state index contributed by atoms with van der Waals surface area (Å²) in [7, 11) is 1.66. The lowest BCUT2D eigenvalue weighted by Gasteiger charge is -2.14. The van der Waals surface area contributed by atoms with E-state index in [-0.39, 0.29) is 5.91 Å². The van der Waals surface area contributed by atoms with Gasteiger partial charge < -0.3 is 0 Å². The van der Waals surface area contributed by atoms with Gasteiger partial charge in [0.1, 0.15) is 0 Å². The third kappa shape index (κ3) is 0.677. The molecule has 1 amide bonds. The number of nitrogens with zero attached hydrogens (tertiary/aromatic N) is 2. The van der Waals surface area contributed by atoms with Crippen molar-refractivity contribution in [3.63, 3.8) is 0 Å². The molecule has 1 N–H and O–H groups in total. The normalized spacial score (nSPS) is 22.8. The molecule has 0 unspecified atom stereocenters. The van der Waals surface area contributed by atoms with Crippen LogP contribution in [0.2, 0.25) is 0 Å². The molecule has 1 aliphatic rings. The minimum atomic E-state index is -0.229. The fourth-order valence-electron chi connectivity index (χ4n) is 0.643. The Balaban J connectivity index is 2.56. The van der Waals surface area contributed by atoms with Gasteiger partial charge in [0, 0.05) is 20.0 Å². The van der Waals surface area contributed by atoms with Gasteiger partial charge in [-0.15, -0.1) is 5.17 Å². The predicted octanol–water partition coefficient (Wildman–Crippen LogP) is -0.545. The monoisotopic (exact) mass is 116 g/mol. The number of hydrogen-bond donors (Lipinski definition) is 1. The Morgan fingerprint density at radius 1 is 1.75 bits per heavy atom. The summed E-state index contributed by atoms with van der Waals surface area (Å²) in [5, 5.41) is 10.8. The topological polar surface area (TPSA) is 43.8 Å². The van der Waals surface area contributed by atoms with Gasteiger partial charge in [-0.1, -0.05) is 0 Å². The van der Waals surface area contributed by atoms with E-state index < -0.39 is 0 Å². The van der Waals surface area contributed by atoms with Crippen LogP contribution >= 0.6 is 0 Å². The molecule has 0 saturated carbocycles. The van der Waals surface area contributed by atoms with Crippen molar-refractivity contribution in [3.8, 4) is 0 Å². The van der Waals surface area contributed by atoms with Crippen LogP contribution in [0.5, 0.6) is 0 Å². The van der Waals surface area contributed by atoms with Gasteiger partial charge in [0.05, 0.1) is 0 Å². The van der Waals surface area contributed by atoms with Crippen LogP contribution in [0, 0.1) is 0 Å². The summed E-state index contributed by atoms with van der Waals surface area (Å²) in [6, 6.07) is 0. The molecule has 0 spiro atoms. The molecule has 1 fully saturated rings. The van der Waals surface area contributed by atoms with Gasteiger partial charge in [-0.25, -0.2) is 0 Å². The first-order valence-corrected chi connectivity index (χ1v) is 2.44. The Morgan fingerprint density at radius 2 is 2.38 bits per heavy atom. The molecule has 0 aromatic heterocycles. The standard InChI is InChI=1S/C4H8N2O2/c1-5-3-2-4(7)6(5)8/h8H,2-3H2,1H3. The van der Waals surface area contributed by atoms with Crippen LogP contribution in [0.4, 0.5) is 0 Å². The summed E-state index contributed by atoms with van der Waals surface area (Å²) in [6.07, 6.45) is 0.424. The number of rotatable bonds is 0. The molecular weight excluding hydrogens is 108 g/mol. The number of amides is 1. The van der Waals surface area contributed by atoms with E-state index in [1.807, 2.05) is 0 Å². The van der Waals surface area contributed by atoms with E-state index >= 15 is 0 Å². The van der Waals surface area contributed by atoms with Gasteiger partial charge in [0.2, 0.25) is 0 Å². The number of hydrazine groups is 1. The average molecular weight is 116 g/mol. The molecule has 0 aliphatic carbocycles. The molecule has 0 atom stereocenters. The van der Waals surface area contributed by atoms with E-state index in [2.05, 4.69) is 0 Å². The highest BCUT2D eigenvalue weighted by Crippen LogP contribution is 2.04. The highest BCUT2D eigenvalue weighted by Gasteiger charge is 2.23. The Bertz CT molecular complexity index is 115. The van der Waals surface area contributed by atoms with Crippen molar-refractivity contribution in [2.24, 2.45) is 0 Å². The van der Waals surface area contributed by atoms with Crippen LogP contribution in [-0.2, 0) is 4.79 Å². The number of hydrogen-bond acceptors (Lipinski definition) is 3. The van der Waals surface area contributed by atoms with E-state index in [0.717, 1.165) is 0 Å². The molecular formula is C4H8N2O2. The van der Waals surface area contributed by atoms with Crippen molar-refractivity contribution in [3.05, 3.63) is 0 Å². The summed E-state index contributed by atoms with van der Waals surface area (Å²) in [5.74, 6) is -0.229. The molecule has 4 nitrogen and oxygen atoms in total. The zero-order valence-corrected chi connectivity index (χ0v) is 4.66.